The molecule has 0 saturated heterocycles. The quantitative estimate of drug-likeness (QED) is 0.416. The molecule has 2 aromatic heterocycles. The van der Waals surface area contributed by atoms with E-state index in [9.17, 15) is 4.79 Å². The smallest absolute Gasteiger partial charge is 0.410 e. The van der Waals surface area contributed by atoms with Gasteiger partial charge in [-0.1, -0.05) is 11.6 Å². The number of halogens is 1. The van der Waals surface area contributed by atoms with Gasteiger partial charge in [-0.05, 0) is 60.2 Å². The SMILES string of the molecule is O=C(Oc1ccc(Cl)cc1)N(Cc1ccncc1)c1ccc2nc(S)sc2c1. The Morgan fingerprint density at radius 2 is 1.86 bits per heavy atom. The summed E-state index contributed by atoms with van der Waals surface area (Å²) < 4.78 is 7.18. The fourth-order valence-electron chi connectivity index (χ4n) is 2.66. The van der Waals surface area contributed by atoms with E-state index in [2.05, 4.69) is 22.6 Å². The van der Waals surface area contributed by atoms with Crippen LogP contribution in [0.25, 0.3) is 10.2 Å². The highest BCUT2D eigenvalue weighted by molar-refractivity contribution is 7.82. The molecule has 4 aromatic rings. The van der Waals surface area contributed by atoms with Crippen molar-refractivity contribution in [2.45, 2.75) is 10.9 Å². The number of hydrogen-bond acceptors (Lipinski definition) is 6. The van der Waals surface area contributed by atoms with Gasteiger partial charge in [-0.25, -0.2) is 9.78 Å². The minimum atomic E-state index is -0.492. The predicted octanol–water partition coefficient (Wildman–Crippen LogP) is 5.84. The van der Waals surface area contributed by atoms with Gasteiger partial charge in [-0.3, -0.25) is 9.88 Å². The zero-order chi connectivity index (χ0) is 19.5. The Morgan fingerprint density at radius 3 is 2.61 bits per heavy atom. The molecule has 0 unspecified atom stereocenters. The van der Waals surface area contributed by atoms with Gasteiger partial charge in [0.25, 0.3) is 0 Å². The van der Waals surface area contributed by atoms with Crippen LogP contribution in [0.1, 0.15) is 5.56 Å². The van der Waals surface area contributed by atoms with Crippen molar-refractivity contribution < 1.29 is 9.53 Å². The van der Waals surface area contributed by atoms with Crippen LogP contribution >= 0.6 is 35.6 Å². The average molecular weight is 428 g/mol. The molecule has 28 heavy (non-hydrogen) atoms. The summed E-state index contributed by atoms with van der Waals surface area (Å²) in [7, 11) is 0. The first kappa shape index (κ1) is 18.7. The van der Waals surface area contributed by atoms with Gasteiger partial charge in [0.1, 0.15) is 10.1 Å². The van der Waals surface area contributed by atoms with Crippen molar-refractivity contribution in [3.05, 3.63) is 77.6 Å². The van der Waals surface area contributed by atoms with Gasteiger partial charge < -0.3 is 4.74 Å². The molecular weight excluding hydrogens is 414 g/mol. The van der Waals surface area contributed by atoms with E-state index in [1.165, 1.54) is 11.3 Å². The first-order valence-corrected chi connectivity index (χ1v) is 9.96. The number of thiazole rings is 1. The highest BCUT2D eigenvalue weighted by atomic mass is 35.5. The van der Waals surface area contributed by atoms with E-state index in [1.807, 2.05) is 30.3 Å². The number of rotatable bonds is 4. The number of anilines is 1. The molecule has 2 heterocycles. The second kappa shape index (κ2) is 8.18. The van der Waals surface area contributed by atoms with Crippen LogP contribution in [0.15, 0.2) is 71.3 Å². The number of amides is 1. The van der Waals surface area contributed by atoms with Crippen molar-refractivity contribution in [2.75, 3.05) is 4.90 Å². The maximum absolute atomic E-state index is 13.0. The number of thiol groups is 1. The molecule has 5 nitrogen and oxygen atoms in total. The summed E-state index contributed by atoms with van der Waals surface area (Å²) in [4.78, 5) is 22.9. The van der Waals surface area contributed by atoms with E-state index in [4.69, 9.17) is 16.3 Å². The molecule has 0 aliphatic rings. The summed E-state index contributed by atoms with van der Waals surface area (Å²) in [5.41, 5.74) is 2.48. The summed E-state index contributed by atoms with van der Waals surface area (Å²) in [5, 5.41) is 0.576. The molecule has 0 saturated carbocycles. The predicted molar refractivity (Wildman–Crippen MR) is 115 cm³/mol. The van der Waals surface area contributed by atoms with Crippen LogP contribution in [0, 0.1) is 0 Å². The topological polar surface area (TPSA) is 55.3 Å². The van der Waals surface area contributed by atoms with Crippen LogP contribution in [0.5, 0.6) is 5.75 Å². The van der Waals surface area contributed by atoms with Gasteiger partial charge in [0.15, 0.2) is 0 Å². The molecule has 4 rings (SSSR count). The number of fused-ring (bicyclic) bond motifs is 1. The van der Waals surface area contributed by atoms with E-state index in [-0.39, 0.29) is 0 Å². The highest BCUT2D eigenvalue weighted by Gasteiger charge is 2.20. The second-order valence-corrected chi connectivity index (χ2v) is 8.11. The van der Waals surface area contributed by atoms with Crippen molar-refractivity contribution in [1.29, 1.82) is 0 Å². The maximum Gasteiger partial charge on any atom is 0.420 e. The minimum Gasteiger partial charge on any atom is -0.410 e. The van der Waals surface area contributed by atoms with E-state index < -0.39 is 6.09 Å². The van der Waals surface area contributed by atoms with Gasteiger partial charge in [-0.2, -0.15) is 0 Å². The summed E-state index contributed by atoms with van der Waals surface area (Å²) in [5.74, 6) is 0.422. The number of carbonyl (C=O) groups is 1. The molecule has 0 aliphatic carbocycles. The zero-order valence-corrected chi connectivity index (χ0v) is 16.9. The highest BCUT2D eigenvalue weighted by Crippen LogP contribution is 2.30. The molecule has 0 aliphatic heterocycles. The van der Waals surface area contributed by atoms with Crippen molar-refractivity contribution in [2.24, 2.45) is 0 Å². The third kappa shape index (κ3) is 4.27. The van der Waals surface area contributed by atoms with Gasteiger partial charge in [0.05, 0.1) is 16.8 Å². The molecule has 140 valence electrons. The van der Waals surface area contributed by atoms with Crippen LogP contribution in [-0.2, 0) is 6.54 Å². The Bertz CT molecular complexity index is 1120. The van der Waals surface area contributed by atoms with Crippen LogP contribution in [0.3, 0.4) is 0 Å². The lowest BCUT2D eigenvalue weighted by atomic mass is 10.2. The molecule has 0 atom stereocenters. The Labute approximate surface area is 176 Å². The van der Waals surface area contributed by atoms with Crippen LogP contribution in [0.2, 0.25) is 5.02 Å². The molecule has 0 spiro atoms. The molecule has 1 amide bonds. The molecule has 2 aromatic carbocycles. The average Bonchev–Trinajstić information content (AvgIpc) is 3.08. The van der Waals surface area contributed by atoms with Crippen molar-refractivity contribution in [3.8, 4) is 5.75 Å². The van der Waals surface area contributed by atoms with E-state index in [0.29, 0.717) is 27.3 Å². The number of benzene rings is 2. The van der Waals surface area contributed by atoms with E-state index >= 15 is 0 Å². The van der Waals surface area contributed by atoms with Gasteiger partial charge in [0, 0.05) is 23.1 Å². The van der Waals surface area contributed by atoms with Gasteiger partial charge in [-0.15, -0.1) is 24.0 Å². The molecule has 8 heteroatoms. The Hall–Kier alpha value is -2.61. The number of carbonyl (C=O) groups excluding carboxylic acids is 1. The zero-order valence-electron chi connectivity index (χ0n) is 14.4. The Morgan fingerprint density at radius 1 is 1.11 bits per heavy atom. The standard InChI is InChI=1S/C20H14ClN3O2S2/c21-14-1-4-16(5-2-14)26-20(25)24(12-13-7-9-22-10-8-13)15-3-6-17-18(11-15)28-19(27)23-17/h1-11H,12H2,(H,23,27). The second-order valence-electron chi connectivity index (χ2n) is 5.91. The minimum absolute atomic E-state index is 0.340. The number of hydrogen-bond donors (Lipinski definition) is 1. The lowest BCUT2D eigenvalue weighted by Crippen LogP contribution is -2.33. The van der Waals surface area contributed by atoms with Crippen LogP contribution < -0.4 is 9.64 Å². The maximum atomic E-state index is 13.0. The first-order chi connectivity index (χ1) is 13.6. The normalized spacial score (nSPS) is 10.8. The van der Waals surface area contributed by atoms with Crippen molar-refractivity contribution >= 4 is 57.6 Å². The summed E-state index contributed by atoms with van der Waals surface area (Å²) in [6.07, 6.45) is 2.89. The fourth-order valence-corrected chi connectivity index (χ4v) is 3.93. The largest absolute Gasteiger partial charge is 0.420 e. The Kier molecular flexibility index (Phi) is 5.47. The summed E-state index contributed by atoms with van der Waals surface area (Å²) in [6.45, 7) is 0.340. The third-order valence-corrected chi connectivity index (χ3v) is 5.45. The van der Waals surface area contributed by atoms with E-state index in [0.717, 1.165) is 15.8 Å². The number of pyridine rings is 1. The monoisotopic (exact) mass is 427 g/mol. The van der Waals surface area contributed by atoms with Crippen LogP contribution in [-0.4, -0.2) is 16.1 Å². The van der Waals surface area contributed by atoms with Gasteiger partial charge in [0.2, 0.25) is 0 Å². The summed E-state index contributed by atoms with van der Waals surface area (Å²) in [6, 6.07) is 16.0. The number of ether oxygens (including phenoxy) is 1. The number of aromatic nitrogens is 2. The van der Waals surface area contributed by atoms with Crippen molar-refractivity contribution in [3.63, 3.8) is 0 Å². The third-order valence-electron chi connectivity index (χ3n) is 4.00. The Balaban J connectivity index is 1.67. The molecule has 0 radical (unpaired) electrons. The molecule has 0 bridgehead atoms. The van der Waals surface area contributed by atoms with Crippen molar-refractivity contribution in [1.82, 2.24) is 9.97 Å². The molecular formula is C20H14ClN3O2S2. The number of nitrogens with zero attached hydrogens (tertiary/aromatic N) is 3. The fraction of sp³-hybridized carbons (Fsp3) is 0.0500. The molecule has 0 N–H and O–H groups in total. The lowest BCUT2D eigenvalue weighted by molar-refractivity contribution is 0.207. The van der Waals surface area contributed by atoms with E-state index in [1.54, 1.807) is 41.6 Å². The molecule has 0 fully saturated rings. The lowest BCUT2D eigenvalue weighted by Gasteiger charge is -2.22. The summed E-state index contributed by atoms with van der Waals surface area (Å²) >= 11 is 11.7. The van der Waals surface area contributed by atoms with Gasteiger partial charge >= 0.3 is 6.09 Å². The van der Waals surface area contributed by atoms with Crippen LogP contribution in [0.4, 0.5) is 10.5 Å². The first-order valence-electron chi connectivity index (χ1n) is 8.32.